The van der Waals surface area contributed by atoms with Gasteiger partial charge in [0.2, 0.25) is 0 Å². The molecule has 0 spiro atoms. The Morgan fingerprint density at radius 2 is 1.80 bits per heavy atom. The van der Waals surface area contributed by atoms with Crippen LogP contribution in [0.3, 0.4) is 0 Å². The lowest BCUT2D eigenvalue weighted by Crippen LogP contribution is -2.03. The maximum atomic E-state index is 4.91. The monoisotopic (exact) mass is 399 g/mol. The summed E-state index contributed by atoms with van der Waals surface area (Å²) >= 11 is 0. The van der Waals surface area contributed by atoms with Gasteiger partial charge in [0.1, 0.15) is 0 Å². The third kappa shape index (κ3) is 4.20. The van der Waals surface area contributed by atoms with Crippen LogP contribution < -0.4 is 0 Å². The first-order chi connectivity index (χ1) is 14.6. The minimum absolute atomic E-state index is 0.397. The summed E-state index contributed by atoms with van der Waals surface area (Å²) in [5.41, 5.74) is 8.15. The second-order valence-electron chi connectivity index (χ2n) is 7.94. The molecule has 3 aromatic rings. The van der Waals surface area contributed by atoms with Gasteiger partial charge in [0, 0.05) is 54.8 Å². The van der Waals surface area contributed by atoms with Crippen LogP contribution in [0.5, 0.6) is 0 Å². The predicted molar refractivity (Wildman–Crippen MR) is 123 cm³/mol. The Morgan fingerprint density at radius 3 is 2.53 bits per heavy atom. The van der Waals surface area contributed by atoms with E-state index in [1.807, 2.05) is 41.2 Å². The van der Waals surface area contributed by atoms with E-state index >= 15 is 0 Å². The molecule has 1 aliphatic heterocycles. The average molecular weight is 400 g/mol. The van der Waals surface area contributed by atoms with Gasteiger partial charge in [-0.1, -0.05) is 43.7 Å². The zero-order chi connectivity index (χ0) is 21.1. The molecule has 0 amide bonds. The summed E-state index contributed by atoms with van der Waals surface area (Å²) in [5.74, 6) is 0. The van der Waals surface area contributed by atoms with Crippen molar-refractivity contribution in [2.75, 3.05) is 0 Å². The fourth-order valence-corrected chi connectivity index (χ4v) is 3.64. The smallest absolute Gasteiger partial charge is 0.0568 e. The Labute approximate surface area is 178 Å². The van der Waals surface area contributed by atoms with Gasteiger partial charge in [-0.25, -0.2) is 0 Å². The van der Waals surface area contributed by atoms with Gasteiger partial charge in [0.05, 0.1) is 18.1 Å². The van der Waals surface area contributed by atoms with E-state index in [-0.39, 0.29) is 0 Å². The van der Waals surface area contributed by atoms with Crippen LogP contribution in [0.25, 0.3) is 16.7 Å². The van der Waals surface area contributed by atoms with Crippen molar-refractivity contribution in [3.05, 3.63) is 78.0 Å². The highest BCUT2D eigenvalue weighted by Gasteiger charge is 2.14. The number of rotatable bonds is 6. The molecule has 0 fully saturated rings. The Morgan fingerprint density at radius 1 is 1.00 bits per heavy atom. The molecule has 0 saturated heterocycles. The third-order valence-corrected chi connectivity index (χ3v) is 5.78. The quantitative estimate of drug-likeness (QED) is 0.524. The van der Waals surface area contributed by atoms with Gasteiger partial charge in [0.15, 0.2) is 0 Å². The van der Waals surface area contributed by atoms with Crippen LogP contribution in [-0.4, -0.2) is 25.3 Å². The van der Waals surface area contributed by atoms with E-state index in [2.05, 4.69) is 67.5 Å². The van der Waals surface area contributed by atoms with Gasteiger partial charge in [-0.2, -0.15) is 10.2 Å². The molecule has 154 valence electrons. The zero-order valence-electron chi connectivity index (χ0n) is 18.2. The molecule has 0 N–H and O–H groups in total. The van der Waals surface area contributed by atoms with Gasteiger partial charge in [0.25, 0.3) is 0 Å². The summed E-state index contributed by atoms with van der Waals surface area (Å²) in [6.45, 7) is 6.58. The van der Waals surface area contributed by atoms with Gasteiger partial charge < -0.3 is 0 Å². The van der Waals surface area contributed by atoms with Crippen molar-refractivity contribution >= 4 is 11.3 Å². The van der Waals surface area contributed by atoms with E-state index in [1.165, 1.54) is 5.57 Å². The fourth-order valence-electron chi connectivity index (χ4n) is 3.64. The predicted octanol–water partition coefficient (Wildman–Crippen LogP) is 5.82. The minimum Gasteiger partial charge on any atom is -0.275 e. The van der Waals surface area contributed by atoms with Gasteiger partial charge in [-0.05, 0) is 37.0 Å². The number of aryl methyl sites for hydroxylation is 1. The molecule has 1 aromatic carbocycles. The van der Waals surface area contributed by atoms with Crippen molar-refractivity contribution in [2.45, 2.75) is 46.1 Å². The van der Waals surface area contributed by atoms with Gasteiger partial charge in [-0.15, -0.1) is 0 Å². The Kier molecular flexibility index (Phi) is 5.79. The van der Waals surface area contributed by atoms with Crippen LogP contribution in [0.4, 0.5) is 0 Å². The molecule has 0 radical (unpaired) electrons. The first-order valence-electron chi connectivity index (χ1n) is 10.7. The molecule has 2 aromatic heterocycles. The summed E-state index contributed by atoms with van der Waals surface area (Å²) in [6, 6.07) is 8.98. The number of aliphatic imine (C=N–C) groups is 1. The number of allylic oxidation sites excluding steroid dienone is 3. The molecule has 1 atom stereocenters. The molecular weight excluding hydrogens is 370 g/mol. The molecule has 5 heteroatoms. The third-order valence-electron chi connectivity index (χ3n) is 5.78. The summed E-state index contributed by atoms with van der Waals surface area (Å²) < 4.78 is 3.88. The van der Waals surface area contributed by atoms with Crippen LogP contribution >= 0.6 is 0 Å². The number of nitrogens with zero attached hydrogens (tertiary/aromatic N) is 5. The minimum atomic E-state index is 0.397. The summed E-state index contributed by atoms with van der Waals surface area (Å²) in [5, 5.41) is 8.86. The van der Waals surface area contributed by atoms with Crippen molar-refractivity contribution in [1.82, 2.24) is 19.6 Å². The molecule has 0 saturated carbocycles. The first kappa shape index (κ1) is 20.1. The number of hydrogen-bond acceptors (Lipinski definition) is 3. The molecule has 0 aliphatic carbocycles. The Bertz CT molecular complexity index is 1130. The molecule has 4 rings (SSSR count). The van der Waals surface area contributed by atoms with Gasteiger partial charge in [-0.3, -0.25) is 14.4 Å². The lowest BCUT2D eigenvalue weighted by molar-refractivity contribution is 0.478. The van der Waals surface area contributed by atoms with E-state index in [1.54, 1.807) is 0 Å². The SMILES string of the molecule is CCC1=CC(c2cnn(C(C)CC)c2)=CN=C(c2cccc(-c3cnn(C)c3)c2)C1. The Hall–Kier alpha value is -3.21. The van der Waals surface area contributed by atoms with E-state index in [9.17, 15) is 0 Å². The highest BCUT2D eigenvalue weighted by atomic mass is 15.3. The molecule has 3 heterocycles. The van der Waals surface area contributed by atoms with E-state index in [0.717, 1.165) is 52.8 Å². The summed E-state index contributed by atoms with van der Waals surface area (Å²) in [7, 11) is 1.94. The highest BCUT2D eigenvalue weighted by molar-refractivity contribution is 6.04. The lowest BCUT2D eigenvalue weighted by Gasteiger charge is -2.09. The molecule has 1 aliphatic rings. The number of aromatic nitrogens is 4. The lowest BCUT2D eigenvalue weighted by atomic mass is 9.97. The topological polar surface area (TPSA) is 48.0 Å². The van der Waals surface area contributed by atoms with Crippen molar-refractivity contribution < 1.29 is 0 Å². The molecule has 30 heavy (non-hydrogen) atoms. The normalized spacial score (nSPS) is 15.3. The average Bonchev–Trinajstić information content (AvgIpc) is 3.38. The molecule has 1 unspecified atom stereocenters. The molecule has 5 nitrogen and oxygen atoms in total. The van der Waals surface area contributed by atoms with E-state index in [4.69, 9.17) is 4.99 Å². The van der Waals surface area contributed by atoms with Gasteiger partial charge >= 0.3 is 0 Å². The second kappa shape index (κ2) is 8.66. The number of hydrogen-bond donors (Lipinski definition) is 0. The summed E-state index contributed by atoms with van der Waals surface area (Å²) in [4.78, 5) is 4.91. The zero-order valence-corrected chi connectivity index (χ0v) is 18.2. The van der Waals surface area contributed by atoms with Crippen molar-refractivity contribution in [1.29, 1.82) is 0 Å². The van der Waals surface area contributed by atoms with Crippen molar-refractivity contribution in [2.24, 2.45) is 12.0 Å². The van der Waals surface area contributed by atoms with Crippen LogP contribution in [0.2, 0.25) is 0 Å². The molecule has 0 bridgehead atoms. The largest absolute Gasteiger partial charge is 0.275 e. The van der Waals surface area contributed by atoms with E-state index < -0.39 is 0 Å². The Balaban J connectivity index is 1.68. The summed E-state index contributed by atoms with van der Waals surface area (Å²) in [6.07, 6.45) is 15.2. The fraction of sp³-hybridized carbons (Fsp3) is 0.320. The van der Waals surface area contributed by atoms with Crippen molar-refractivity contribution in [3.8, 4) is 11.1 Å². The van der Waals surface area contributed by atoms with Crippen LogP contribution in [-0.2, 0) is 7.05 Å². The maximum Gasteiger partial charge on any atom is 0.0568 e. The van der Waals surface area contributed by atoms with Crippen LogP contribution in [0, 0.1) is 0 Å². The van der Waals surface area contributed by atoms with Crippen LogP contribution in [0.1, 0.15) is 57.2 Å². The maximum absolute atomic E-state index is 4.91. The second-order valence-corrected chi connectivity index (χ2v) is 7.94. The van der Waals surface area contributed by atoms with E-state index in [0.29, 0.717) is 6.04 Å². The van der Waals surface area contributed by atoms with Crippen molar-refractivity contribution in [3.63, 3.8) is 0 Å². The number of benzene rings is 1. The highest BCUT2D eigenvalue weighted by Crippen LogP contribution is 2.27. The first-order valence-corrected chi connectivity index (χ1v) is 10.7. The van der Waals surface area contributed by atoms with Crippen LogP contribution in [0.15, 0.2) is 71.9 Å². The standard InChI is InChI=1S/C25H29N5/c1-5-18(3)30-17-24(15-28-30)22-10-19(6-2)11-25(26-13-22)21-9-7-8-20(12-21)23-14-27-29(4)16-23/h7-10,12-18H,5-6,11H2,1-4H3. The molecular formula is C25H29N5.